The SMILES string of the molecule is O=C(O)Cc1cc(Nc2nc(CCc3ccccc3)cs2)ncc1Br. The lowest BCUT2D eigenvalue weighted by Crippen LogP contribution is -2.03. The molecule has 0 saturated carbocycles. The Morgan fingerprint density at radius 2 is 2.04 bits per heavy atom. The van der Waals surface area contributed by atoms with Gasteiger partial charge in [-0.2, -0.15) is 0 Å². The highest BCUT2D eigenvalue weighted by atomic mass is 79.9. The zero-order valence-corrected chi connectivity index (χ0v) is 15.7. The van der Waals surface area contributed by atoms with E-state index in [1.807, 2.05) is 23.6 Å². The zero-order valence-electron chi connectivity index (χ0n) is 13.3. The average molecular weight is 418 g/mol. The van der Waals surface area contributed by atoms with Crippen LogP contribution in [0.5, 0.6) is 0 Å². The number of thiazole rings is 1. The van der Waals surface area contributed by atoms with Gasteiger partial charge < -0.3 is 10.4 Å². The van der Waals surface area contributed by atoms with E-state index in [9.17, 15) is 4.79 Å². The van der Waals surface area contributed by atoms with Crippen molar-refractivity contribution in [3.05, 3.63) is 69.3 Å². The fourth-order valence-electron chi connectivity index (χ4n) is 2.35. The summed E-state index contributed by atoms with van der Waals surface area (Å²) in [6, 6.07) is 12.0. The molecule has 2 heterocycles. The Balaban J connectivity index is 1.64. The predicted molar refractivity (Wildman–Crippen MR) is 103 cm³/mol. The Morgan fingerprint density at radius 1 is 1.24 bits per heavy atom. The van der Waals surface area contributed by atoms with Crippen molar-refractivity contribution in [1.82, 2.24) is 9.97 Å². The third-order valence-electron chi connectivity index (χ3n) is 3.58. The lowest BCUT2D eigenvalue weighted by Gasteiger charge is -2.06. The number of aliphatic carboxylic acids is 1. The number of rotatable bonds is 7. The summed E-state index contributed by atoms with van der Waals surface area (Å²) in [5.41, 5.74) is 2.99. The minimum absolute atomic E-state index is 0.0576. The molecule has 3 aromatic rings. The van der Waals surface area contributed by atoms with Crippen LogP contribution in [-0.2, 0) is 24.1 Å². The maximum atomic E-state index is 10.9. The monoisotopic (exact) mass is 417 g/mol. The number of aromatic nitrogens is 2. The molecule has 25 heavy (non-hydrogen) atoms. The van der Waals surface area contributed by atoms with Crippen LogP contribution in [0.2, 0.25) is 0 Å². The number of benzene rings is 1. The van der Waals surface area contributed by atoms with E-state index in [2.05, 4.69) is 43.3 Å². The third-order valence-corrected chi connectivity index (χ3v) is 5.10. The first-order valence-electron chi connectivity index (χ1n) is 7.72. The number of pyridine rings is 1. The minimum atomic E-state index is -0.879. The second kappa shape index (κ2) is 8.22. The Morgan fingerprint density at radius 3 is 2.80 bits per heavy atom. The third kappa shape index (κ3) is 5.11. The number of carboxylic acids is 1. The largest absolute Gasteiger partial charge is 0.481 e. The summed E-state index contributed by atoms with van der Waals surface area (Å²) in [5.74, 6) is -0.293. The molecule has 0 bridgehead atoms. The summed E-state index contributed by atoms with van der Waals surface area (Å²) in [4.78, 5) is 19.7. The number of hydrogen-bond donors (Lipinski definition) is 2. The van der Waals surface area contributed by atoms with E-state index in [-0.39, 0.29) is 6.42 Å². The molecule has 0 spiro atoms. The van der Waals surface area contributed by atoms with Crippen molar-refractivity contribution >= 4 is 44.2 Å². The normalized spacial score (nSPS) is 10.6. The smallest absolute Gasteiger partial charge is 0.307 e. The number of carbonyl (C=O) groups is 1. The summed E-state index contributed by atoms with van der Waals surface area (Å²) >= 11 is 4.84. The highest BCUT2D eigenvalue weighted by Gasteiger charge is 2.09. The number of aryl methyl sites for hydroxylation is 2. The fraction of sp³-hybridized carbons (Fsp3) is 0.167. The van der Waals surface area contributed by atoms with Crippen LogP contribution in [0.15, 0.2) is 52.4 Å². The van der Waals surface area contributed by atoms with E-state index in [4.69, 9.17) is 5.11 Å². The molecule has 1 aromatic carbocycles. The minimum Gasteiger partial charge on any atom is -0.481 e. The van der Waals surface area contributed by atoms with Gasteiger partial charge in [0.05, 0.1) is 12.1 Å². The van der Waals surface area contributed by atoms with E-state index in [1.165, 1.54) is 16.9 Å². The van der Waals surface area contributed by atoms with Crippen molar-refractivity contribution in [2.24, 2.45) is 0 Å². The van der Waals surface area contributed by atoms with Crippen LogP contribution in [0.25, 0.3) is 0 Å². The van der Waals surface area contributed by atoms with Gasteiger partial charge in [-0.25, -0.2) is 9.97 Å². The van der Waals surface area contributed by atoms with Crippen LogP contribution in [0.3, 0.4) is 0 Å². The Hall–Kier alpha value is -2.25. The number of anilines is 2. The molecule has 0 aliphatic carbocycles. The van der Waals surface area contributed by atoms with Gasteiger partial charge in [-0.3, -0.25) is 4.79 Å². The van der Waals surface area contributed by atoms with Gasteiger partial charge >= 0.3 is 5.97 Å². The summed E-state index contributed by atoms with van der Waals surface area (Å²) in [6.07, 6.45) is 3.37. The molecule has 0 radical (unpaired) electrons. The quantitative estimate of drug-likeness (QED) is 0.593. The predicted octanol–water partition coefficient (Wildman–Crippen LogP) is 4.46. The second-order valence-electron chi connectivity index (χ2n) is 5.49. The van der Waals surface area contributed by atoms with Crippen molar-refractivity contribution in [3.8, 4) is 0 Å². The molecule has 128 valence electrons. The van der Waals surface area contributed by atoms with Crippen molar-refractivity contribution in [2.45, 2.75) is 19.3 Å². The van der Waals surface area contributed by atoms with Crippen LogP contribution in [0.1, 0.15) is 16.8 Å². The van der Waals surface area contributed by atoms with E-state index in [0.29, 0.717) is 15.9 Å². The highest BCUT2D eigenvalue weighted by molar-refractivity contribution is 9.10. The number of halogens is 1. The molecular weight excluding hydrogens is 402 g/mol. The van der Waals surface area contributed by atoms with Gasteiger partial charge in [0.1, 0.15) is 5.82 Å². The standard InChI is InChI=1S/C18H16BrN3O2S/c19-15-10-20-16(8-13(15)9-17(23)24)22-18-21-14(11-25-18)7-6-12-4-2-1-3-5-12/h1-5,8,10-11H,6-7,9H2,(H,23,24)(H,20,21,22). The molecule has 3 rings (SSSR count). The van der Waals surface area contributed by atoms with Gasteiger partial charge in [0.2, 0.25) is 0 Å². The van der Waals surface area contributed by atoms with Gasteiger partial charge in [0.15, 0.2) is 5.13 Å². The van der Waals surface area contributed by atoms with Gasteiger partial charge in [-0.1, -0.05) is 30.3 Å². The molecule has 5 nitrogen and oxygen atoms in total. The average Bonchev–Trinajstić information content (AvgIpc) is 3.04. The summed E-state index contributed by atoms with van der Waals surface area (Å²) < 4.78 is 0.683. The highest BCUT2D eigenvalue weighted by Crippen LogP contribution is 2.24. The van der Waals surface area contributed by atoms with Crippen LogP contribution in [0.4, 0.5) is 10.9 Å². The lowest BCUT2D eigenvalue weighted by atomic mass is 10.1. The summed E-state index contributed by atoms with van der Waals surface area (Å²) in [7, 11) is 0. The molecule has 0 amide bonds. The molecule has 0 atom stereocenters. The van der Waals surface area contributed by atoms with E-state index in [1.54, 1.807) is 12.3 Å². The molecule has 2 aromatic heterocycles. The van der Waals surface area contributed by atoms with Gasteiger partial charge in [-0.05, 0) is 46.0 Å². The molecule has 0 unspecified atom stereocenters. The number of nitrogens with zero attached hydrogens (tertiary/aromatic N) is 2. The summed E-state index contributed by atoms with van der Waals surface area (Å²) in [6.45, 7) is 0. The van der Waals surface area contributed by atoms with E-state index >= 15 is 0 Å². The number of nitrogens with one attached hydrogen (secondary N) is 1. The fourth-order valence-corrected chi connectivity index (χ4v) is 3.46. The van der Waals surface area contributed by atoms with Crippen LogP contribution in [0, 0.1) is 0 Å². The van der Waals surface area contributed by atoms with E-state index < -0.39 is 5.97 Å². The lowest BCUT2D eigenvalue weighted by molar-refractivity contribution is -0.136. The van der Waals surface area contributed by atoms with Crippen molar-refractivity contribution in [1.29, 1.82) is 0 Å². The van der Waals surface area contributed by atoms with Gasteiger partial charge in [0.25, 0.3) is 0 Å². The maximum absolute atomic E-state index is 10.9. The molecular formula is C18H16BrN3O2S. The van der Waals surface area contributed by atoms with Crippen LogP contribution in [-0.4, -0.2) is 21.0 Å². The molecule has 0 aliphatic heterocycles. The van der Waals surface area contributed by atoms with Crippen LogP contribution < -0.4 is 5.32 Å². The zero-order chi connectivity index (χ0) is 17.6. The van der Waals surface area contributed by atoms with Gasteiger partial charge in [0, 0.05) is 16.0 Å². The number of hydrogen-bond acceptors (Lipinski definition) is 5. The topological polar surface area (TPSA) is 75.1 Å². The maximum Gasteiger partial charge on any atom is 0.307 e. The van der Waals surface area contributed by atoms with E-state index in [0.717, 1.165) is 23.7 Å². The number of carboxylic acid groups (broad SMARTS) is 1. The Labute approximate surface area is 157 Å². The van der Waals surface area contributed by atoms with Crippen LogP contribution >= 0.6 is 27.3 Å². The van der Waals surface area contributed by atoms with Crippen molar-refractivity contribution < 1.29 is 9.90 Å². The van der Waals surface area contributed by atoms with Crippen molar-refractivity contribution in [3.63, 3.8) is 0 Å². The molecule has 0 saturated heterocycles. The first-order chi connectivity index (χ1) is 12.1. The van der Waals surface area contributed by atoms with Crippen molar-refractivity contribution in [2.75, 3.05) is 5.32 Å². The van der Waals surface area contributed by atoms with Gasteiger partial charge in [-0.15, -0.1) is 11.3 Å². The first kappa shape index (κ1) is 17.6. The molecule has 7 heteroatoms. The summed E-state index contributed by atoms with van der Waals surface area (Å²) in [5, 5.41) is 14.9. The Kier molecular flexibility index (Phi) is 5.78. The first-order valence-corrected chi connectivity index (χ1v) is 9.39. The molecule has 0 fully saturated rings. The molecule has 2 N–H and O–H groups in total. The second-order valence-corrected chi connectivity index (χ2v) is 7.20. The Bertz CT molecular complexity index is 868. The molecule has 0 aliphatic rings.